The molecule has 30 heavy (non-hydrogen) atoms. The molecule has 1 aliphatic rings. The van der Waals surface area contributed by atoms with Crippen LogP contribution in [-0.2, 0) is 4.74 Å². The highest BCUT2D eigenvalue weighted by Gasteiger charge is 2.23. The van der Waals surface area contributed by atoms with E-state index in [9.17, 15) is 0 Å². The number of nitrogens with one attached hydrogen (secondary N) is 1. The van der Waals surface area contributed by atoms with E-state index in [2.05, 4.69) is 15.2 Å². The summed E-state index contributed by atoms with van der Waals surface area (Å²) in [5.41, 5.74) is 1.81. The summed E-state index contributed by atoms with van der Waals surface area (Å²) in [5.74, 6) is 3.70. The highest BCUT2D eigenvalue weighted by Crippen LogP contribution is 2.40. The van der Waals surface area contributed by atoms with Gasteiger partial charge in [-0.3, -0.25) is 0 Å². The van der Waals surface area contributed by atoms with Gasteiger partial charge in [-0.15, -0.1) is 0 Å². The van der Waals surface area contributed by atoms with E-state index in [1.54, 1.807) is 21.3 Å². The van der Waals surface area contributed by atoms with Crippen LogP contribution in [0.4, 0.5) is 17.5 Å². The Balaban J connectivity index is 1.82. The molecule has 1 saturated heterocycles. The molecule has 0 amide bonds. The molecule has 8 heteroatoms. The fourth-order valence-corrected chi connectivity index (χ4v) is 3.77. The Bertz CT molecular complexity index is 821. The Morgan fingerprint density at radius 3 is 2.50 bits per heavy atom. The van der Waals surface area contributed by atoms with Crippen molar-refractivity contribution in [3.8, 4) is 17.2 Å². The van der Waals surface area contributed by atoms with Crippen LogP contribution in [0.5, 0.6) is 17.2 Å². The van der Waals surface area contributed by atoms with Crippen molar-refractivity contribution in [2.45, 2.75) is 26.7 Å². The number of nitrogens with zero attached hydrogens (tertiary/aromatic N) is 3. The monoisotopic (exact) mass is 416 g/mol. The molecule has 0 spiro atoms. The molecule has 0 saturated carbocycles. The smallest absolute Gasteiger partial charge is 0.229 e. The zero-order valence-electron chi connectivity index (χ0n) is 18.5. The van der Waals surface area contributed by atoms with E-state index in [4.69, 9.17) is 23.9 Å². The first-order valence-electron chi connectivity index (χ1n) is 10.3. The van der Waals surface area contributed by atoms with Crippen molar-refractivity contribution in [1.29, 1.82) is 0 Å². The molecule has 0 bridgehead atoms. The predicted molar refractivity (Wildman–Crippen MR) is 118 cm³/mol. The Hall–Kier alpha value is -2.74. The quantitative estimate of drug-likeness (QED) is 0.661. The van der Waals surface area contributed by atoms with Crippen molar-refractivity contribution in [2.24, 2.45) is 5.92 Å². The summed E-state index contributed by atoms with van der Waals surface area (Å²) in [6.07, 6.45) is 4.18. The number of hydrogen-bond acceptors (Lipinski definition) is 8. The first-order valence-corrected chi connectivity index (χ1v) is 10.3. The zero-order valence-corrected chi connectivity index (χ0v) is 18.5. The third-order valence-corrected chi connectivity index (χ3v) is 5.24. The molecule has 1 aromatic heterocycles. The molecule has 1 fully saturated rings. The summed E-state index contributed by atoms with van der Waals surface area (Å²) < 4.78 is 21.9. The third-order valence-electron chi connectivity index (χ3n) is 5.24. The van der Waals surface area contributed by atoms with Gasteiger partial charge < -0.3 is 29.2 Å². The molecule has 2 aromatic rings. The molecule has 164 valence electrons. The summed E-state index contributed by atoms with van der Waals surface area (Å²) in [7, 11) is 4.77. The second-order valence-corrected chi connectivity index (χ2v) is 7.35. The molecular formula is C22H32N4O4. The lowest BCUT2D eigenvalue weighted by Gasteiger charge is -2.34. The number of rotatable bonds is 9. The normalized spacial score (nSPS) is 16.3. The van der Waals surface area contributed by atoms with Crippen LogP contribution in [0.3, 0.4) is 0 Å². The highest BCUT2D eigenvalue weighted by molar-refractivity contribution is 5.66. The minimum atomic E-state index is 0.525. The van der Waals surface area contributed by atoms with Gasteiger partial charge in [0, 0.05) is 49.3 Å². The van der Waals surface area contributed by atoms with Crippen LogP contribution in [0.25, 0.3) is 0 Å². The van der Waals surface area contributed by atoms with Gasteiger partial charge in [0.25, 0.3) is 0 Å². The number of anilines is 3. The number of aryl methyl sites for hydroxylation is 1. The van der Waals surface area contributed by atoms with Crippen LogP contribution in [0.15, 0.2) is 18.3 Å². The Morgan fingerprint density at radius 2 is 1.87 bits per heavy atom. The van der Waals surface area contributed by atoms with Crippen LogP contribution in [0, 0.1) is 12.8 Å². The van der Waals surface area contributed by atoms with Gasteiger partial charge in [0.05, 0.1) is 27.9 Å². The van der Waals surface area contributed by atoms with E-state index in [1.807, 2.05) is 32.2 Å². The average molecular weight is 417 g/mol. The van der Waals surface area contributed by atoms with Crippen LogP contribution in [0.2, 0.25) is 0 Å². The van der Waals surface area contributed by atoms with Gasteiger partial charge in [0.15, 0.2) is 11.5 Å². The Kier molecular flexibility index (Phi) is 7.57. The van der Waals surface area contributed by atoms with Gasteiger partial charge in [-0.1, -0.05) is 0 Å². The van der Waals surface area contributed by atoms with E-state index < -0.39 is 0 Å². The SMILES string of the molecule is CCOCC1CCCN(c2nc(Nc3cc(OC)c(OC)c(OC)c3)ncc2C)C1. The topological polar surface area (TPSA) is 78.0 Å². The Morgan fingerprint density at radius 1 is 1.13 bits per heavy atom. The molecule has 8 nitrogen and oxygen atoms in total. The molecule has 2 heterocycles. The van der Waals surface area contributed by atoms with Gasteiger partial charge in [-0.25, -0.2) is 4.98 Å². The van der Waals surface area contributed by atoms with Gasteiger partial charge in [0.1, 0.15) is 5.82 Å². The van der Waals surface area contributed by atoms with Crippen molar-refractivity contribution in [3.63, 3.8) is 0 Å². The second kappa shape index (κ2) is 10.3. The molecule has 1 aromatic carbocycles. The van der Waals surface area contributed by atoms with Gasteiger partial charge in [-0.05, 0) is 32.6 Å². The maximum Gasteiger partial charge on any atom is 0.229 e. The fourth-order valence-electron chi connectivity index (χ4n) is 3.77. The molecule has 1 aliphatic heterocycles. The van der Waals surface area contributed by atoms with Crippen LogP contribution in [-0.4, -0.2) is 57.6 Å². The maximum absolute atomic E-state index is 5.65. The van der Waals surface area contributed by atoms with Crippen molar-refractivity contribution < 1.29 is 18.9 Å². The minimum Gasteiger partial charge on any atom is -0.493 e. The van der Waals surface area contributed by atoms with Crippen LogP contribution >= 0.6 is 0 Å². The van der Waals surface area contributed by atoms with E-state index in [0.717, 1.165) is 49.8 Å². The van der Waals surface area contributed by atoms with E-state index in [0.29, 0.717) is 29.1 Å². The third kappa shape index (κ3) is 5.05. The van der Waals surface area contributed by atoms with Gasteiger partial charge >= 0.3 is 0 Å². The number of hydrogen-bond donors (Lipinski definition) is 1. The van der Waals surface area contributed by atoms with E-state index >= 15 is 0 Å². The molecule has 3 rings (SSSR count). The van der Waals surface area contributed by atoms with Crippen molar-refractivity contribution >= 4 is 17.5 Å². The summed E-state index contributed by atoms with van der Waals surface area (Å²) in [6.45, 7) is 7.58. The molecule has 1 unspecified atom stereocenters. The molecule has 1 N–H and O–H groups in total. The highest BCUT2D eigenvalue weighted by atomic mass is 16.5. The second-order valence-electron chi connectivity index (χ2n) is 7.35. The number of piperidine rings is 1. The van der Waals surface area contributed by atoms with Gasteiger partial charge in [-0.2, -0.15) is 4.98 Å². The minimum absolute atomic E-state index is 0.525. The molecular weight excluding hydrogens is 384 g/mol. The lowest BCUT2D eigenvalue weighted by Crippen LogP contribution is -2.38. The predicted octanol–water partition coefficient (Wildman–Crippen LogP) is 3.81. The summed E-state index contributed by atoms with van der Waals surface area (Å²) >= 11 is 0. The van der Waals surface area contributed by atoms with E-state index in [1.165, 1.54) is 6.42 Å². The first-order chi connectivity index (χ1) is 14.6. The largest absolute Gasteiger partial charge is 0.493 e. The van der Waals surface area contributed by atoms with Crippen molar-refractivity contribution in [1.82, 2.24) is 9.97 Å². The van der Waals surface area contributed by atoms with E-state index in [-0.39, 0.29) is 0 Å². The van der Waals surface area contributed by atoms with Crippen LogP contribution in [0.1, 0.15) is 25.3 Å². The van der Waals surface area contributed by atoms with Gasteiger partial charge in [0.2, 0.25) is 11.7 Å². The summed E-state index contributed by atoms with van der Waals surface area (Å²) in [6, 6.07) is 3.67. The van der Waals surface area contributed by atoms with Crippen molar-refractivity contribution in [3.05, 3.63) is 23.9 Å². The number of ether oxygens (including phenoxy) is 4. The standard InChI is InChI=1S/C22H32N4O4/c1-6-30-14-16-8-7-9-26(13-16)21-15(2)12-23-22(25-21)24-17-10-18(27-3)20(29-5)19(11-17)28-4/h10-12,16H,6-9,13-14H2,1-5H3,(H,23,24,25). The summed E-state index contributed by atoms with van der Waals surface area (Å²) in [5, 5.41) is 3.27. The van der Waals surface area contributed by atoms with Crippen molar-refractivity contribution in [2.75, 3.05) is 57.8 Å². The molecule has 0 aliphatic carbocycles. The Labute approximate surface area is 178 Å². The summed E-state index contributed by atoms with van der Waals surface area (Å²) in [4.78, 5) is 11.6. The molecule has 1 atom stereocenters. The maximum atomic E-state index is 5.65. The average Bonchev–Trinajstić information content (AvgIpc) is 2.78. The molecule has 0 radical (unpaired) electrons. The number of benzene rings is 1. The zero-order chi connectivity index (χ0) is 21.5. The first kappa shape index (κ1) is 22.0. The number of aromatic nitrogens is 2. The lowest BCUT2D eigenvalue weighted by molar-refractivity contribution is 0.104. The van der Waals surface area contributed by atoms with Crippen LogP contribution < -0.4 is 24.4 Å². The lowest BCUT2D eigenvalue weighted by atomic mass is 9.99. The number of methoxy groups -OCH3 is 3. The fraction of sp³-hybridized carbons (Fsp3) is 0.545.